The number of carbonyl (C=O) groups is 1. The van der Waals surface area contributed by atoms with E-state index in [1.807, 2.05) is 31.2 Å². The Morgan fingerprint density at radius 2 is 2.29 bits per heavy atom. The lowest BCUT2D eigenvalue weighted by Gasteiger charge is -2.21. The molecule has 0 aromatic heterocycles. The van der Waals surface area contributed by atoms with Crippen LogP contribution in [0.15, 0.2) is 36.9 Å². The van der Waals surface area contributed by atoms with Crippen molar-refractivity contribution in [2.45, 2.75) is 13.0 Å². The van der Waals surface area contributed by atoms with Gasteiger partial charge in [0.15, 0.2) is 0 Å². The average molecular weight is 231 g/mol. The summed E-state index contributed by atoms with van der Waals surface area (Å²) in [6, 6.07) is 7.64. The number of aryl methyl sites for hydroxylation is 1. The van der Waals surface area contributed by atoms with Crippen LogP contribution in [0.1, 0.15) is 15.9 Å². The highest BCUT2D eigenvalue weighted by Gasteiger charge is 2.28. The van der Waals surface area contributed by atoms with Crippen LogP contribution >= 0.6 is 0 Å². The molecular weight excluding hydrogens is 214 g/mol. The standard InChI is InChI=1S/C14H17NO2/c1-3-8-15(9-12-10-17-12)14(16)13-7-5-4-6-11(13)2/h3-7,12H,1,8-10H2,2H3. The second-order valence-electron chi connectivity index (χ2n) is 4.27. The van der Waals surface area contributed by atoms with Gasteiger partial charge in [-0.25, -0.2) is 0 Å². The maximum Gasteiger partial charge on any atom is 0.254 e. The van der Waals surface area contributed by atoms with Crippen LogP contribution in [0.25, 0.3) is 0 Å². The quantitative estimate of drug-likeness (QED) is 0.573. The Hall–Kier alpha value is -1.61. The molecule has 1 aliphatic rings. The van der Waals surface area contributed by atoms with Crippen molar-refractivity contribution in [2.24, 2.45) is 0 Å². The average Bonchev–Trinajstić information content (AvgIpc) is 3.12. The van der Waals surface area contributed by atoms with Crippen LogP contribution < -0.4 is 0 Å². The number of nitrogens with zero attached hydrogens (tertiary/aromatic N) is 1. The van der Waals surface area contributed by atoms with Gasteiger partial charge in [0.05, 0.1) is 12.7 Å². The van der Waals surface area contributed by atoms with Crippen molar-refractivity contribution < 1.29 is 9.53 Å². The van der Waals surface area contributed by atoms with Crippen LogP contribution in [-0.2, 0) is 4.74 Å². The van der Waals surface area contributed by atoms with E-state index in [0.717, 1.165) is 17.7 Å². The highest BCUT2D eigenvalue weighted by Crippen LogP contribution is 2.15. The number of rotatable bonds is 5. The first-order chi connectivity index (χ1) is 8.22. The van der Waals surface area contributed by atoms with Gasteiger partial charge in [0.1, 0.15) is 0 Å². The van der Waals surface area contributed by atoms with Gasteiger partial charge < -0.3 is 9.64 Å². The van der Waals surface area contributed by atoms with Gasteiger partial charge in [-0.2, -0.15) is 0 Å². The second-order valence-corrected chi connectivity index (χ2v) is 4.27. The number of amides is 1. The fourth-order valence-corrected chi connectivity index (χ4v) is 1.80. The lowest BCUT2D eigenvalue weighted by atomic mass is 10.1. The molecule has 1 fully saturated rings. The molecule has 3 heteroatoms. The first kappa shape index (κ1) is 11.9. The van der Waals surface area contributed by atoms with Gasteiger partial charge in [0.2, 0.25) is 0 Å². The van der Waals surface area contributed by atoms with Crippen molar-refractivity contribution in [3.8, 4) is 0 Å². The van der Waals surface area contributed by atoms with E-state index in [2.05, 4.69) is 6.58 Å². The van der Waals surface area contributed by atoms with Crippen LogP contribution in [0.2, 0.25) is 0 Å². The van der Waals surface area contributed by atoms with E-state index in [9.17, 15) is 4.79 Å². The summed E-state index contributed by atoms with van der Waals surface area (Å²) in [5, 5.41) is 0. The Morgan fingerprint density at radius 1 is 1.59 bits per heavy atom. The minimum absolute atomic E-state index is 0.0542. The molecule has 1 aromatic rings. The summed E-state index contributed by atoms with van der Waals surface area (Å²) in [5.41, 5.74) is 1.76. The number of hydrogen-bond donors (Lipinski definition) is 0. The summed E-state index contributed by atoms with van der Waals surface area (Å²) in [6.45, 7) is 7.62. The topological polar surface area (TPSA) is 32.8 Å². The molecule has 1 amide bonds. The van der Waals surface area contributed by atoms with Crippen LogP contribution in [0.5, 0.6) is 0 Å². The fraction of sp³-hybridized carbons (Fsp3) is 0.357. The number of ether oxygens (including phenoxy) is 1. The zero-order chi connectivity index (χ0) is 12.3. The number of epoxide rings is 1. The second kappa shape index (κ2) is 5.15. The van der Waals surface area contributed by atoms with Crippen LogP contribution in [0, 0.1) is 6.92 Å². The van der Waals surface area contributed by atoms with Crippen molar-refractivity contribution >= 4 is 5.91 Å². The van der Waals surface area contributed by atoms with Crippen LogP contribution in [0.4, 0.5) is 0 Å². The highest BCUT2D eigenvalue weighted by molar-refractivity contribution is 5.95. The molecule has 1 heterocycles. The summed E-state index contributed by atoms with van der Waals surface area (Å²) < 4.78 is 5.17. The number of carbonyl (C=O) groups excluding carboxylic acids is 1. The van der Waals surface area contributed by atoms with E-state index in [1.165, 1.54) is 0 Å². The van der Waals surface area contributed by atoms with E-state index in [1.54, 1.807) is 11.0 Å². The van der Waals surface area contributed by atoms with E-state index >= 15 is 0 Å². The molecule has 17 heavy (non-hydrogen) atoms. The van der Waals surface area contributed by atoms with E-state index < -0.39 is 0 Å². The molecular formula is C14H17NO2. The predicted octanol–water partition coefficient (Wildman–Crippen LogP) is 2.02. The predicted molar refractivity (Wildman–Crippen MR) is 67.0 cm³/mol. The van der Waals surface area contributed by atoms with Crippen molar-refractivity contribution in [3.05, 3.63) is 48.0 Å². The van der Waals surface area contributed by atoms with Gasteiger partial charge in [0, 0.05) is 18.7 Å². The van der Waals surface area contributed by atoms with Crippen LogP contribution in [0.3, 0.4) is 0 Å². The lowest BCUT2D eigenvalue weighted by Crippen LogP contribution is -2.34. The third-order valence-corrected chi connectivity index (χ3v) is 2.84. The normalized spacial score (nSPS) is 17.6. The zero-order valence-electron chi connectivity index (χ0n) is 10.1. The molecule has 0 N–H and O–H groups in total. The van der Waals surface area contributed by atoms with E-state index in [-0.39, 0.29) is 12.0 Å². The van der Waals surface area contributed by atoms with Gasteiger partial charge in [0.25, 0.3) is 5.91 Å². The molecule has 90 valence electrons. The Labute approximate surface area is 102 Å². The molecule has 3 nitrogen and oxygen atoms in total. The van der Waals surface area contributed by atoms with Crippen molar-refractivity contribution in [1.29, 1.82) is 0 Å². The zero-order valence-corrected chi connectivity index (χ0v) is 10.1. The highest BCUT2D eigenvalue weighted by atomic mass is 16.6. The fourth-order valence-electron chi connectivity index (χ4n) is 1.80. The molecule has 1 saturated heterocycles. The third-order valence-electron chi connectivity index (χ3n) is 2.84. The largest absolute Gasteiger partial charge is 0.371 e. The number of benzene rings is 1. The Bertz CT molecular complexity index is 424. The monoisotopic (exact) mass is 231 g/mol. The lowest BCUT2D eigenvalue weighted by molar-refractivity contribution is 0.0761. The maximum atomic E-state index is 12.3. The van der Waals surface area contributed by atoms with Crippen molar-refractivity contribution in [2.75, 3.05) is 19.7 Å². The summed E-state index contributed by atoms with van der Waals surface area (Å²) in [4.78, 5) is 14.1. The number of hydrogen-bond acceptors (Lipinski definition) is 2. The molecule has 1 aromatic carbocycles. The van der Waals surface area contributed by atoms with Crippen LogP contribution in [-0.4, -0.2) is 36.6 Å². The van der Waals surface area contributed by atoms with E-state index in [4.69, 9.17) is 4.74 Å². The van der Waals surface area contributed by atoms with Gasteiger partial charge >= 0.3 is 0 Å². The van der Waals surface area contributed by atoms with Gasteiger partial charge in [-0.3, -0.25) is 4.79 Å². The molecule has 1 aliphatic heterocycles. The van der Waals surface area contributed by atoms with Gasteiger partial charge in [-0.05, 0) is 18.6 Å². The molecule has 0 spiro atoms. The third kappa shape index (κ3) is 2.94. The summed E-state index contributed by atoms with van der Waals surface area (Å²) in [5.74, 6) is 0.0542. The van der Waals surface area contributed by atoms with Gasteiger partial charge in [-0.1, -0.05) is 24.3 Å². The van der Waals surface area contributed by atoms with E-state index in [0.29, 0.717) is 13.1 Å². The molecule has 0 aliphatic carbocycles. The first-order valence-corrected chi connectivity index (χ1v) is 5.79. The Morgan fingerprint density at radius 3 is 2.88 bits per heavy atom. The molecule has 1 atom stereocenters. The van der Waals surface area contributed by atoms with Crippen molar-refractivity contribution in [1.82, 2.24) is 4.90 Å². The summed E-state index contributed by atoms with van der Waals surface area (Å²) in [7, 11) is 0. The van der Waals surface area contributed by atoms with Gasteiger partial charge in [-0.15, -0.1) is 6.58 Å². The summed E-state index contributed by atoms with van der Waals surface area (Å²) >= 11 is 0. The molecule has 0 bridgehead atoms. The maximum absolute atomic E-state index is 12.3. The van der Waals surface area contributed by atoms with Crippen molar-refractivity contribution in [3.63, 3.8) is 0 Å². The summed E-state index contributed by atoms with van der Waals surface area (Å²) in [6.07, 6.45) is 1.96. The Balaban J connectivity index is 2.14. The molecule has 0 radical (unpaired) electrons. The first-order valence-electron chi connectivity index (χ1n) is 5.79. The smallest absolute Gasteiger partial charge is 0.254 e. The SMILES string of the molecule is C=CCN(CC1CO1)C(=O)c1ccccc1C. The minimum atomic E-state index is 0.0542. The molecule has 1 unspecified atom stereocenters. The Kier molecular flexibility index (Phi) is 3.59. The molecule has 2 rings (SSSR count). The minimum Gasteiger partial charge on any atom is -0.371 e. The molecule has 0 saturated carbocycles.